The minimum atomic E-state index is -0.514. The van der Waals surface area contributed by atoms with E-state index < -0.39 is 11.3 Å². The molecule has 0 aromatic heterocycles. The molecule has 2 unspecified atom stereocenters. The van der Waals surface area contributed by atoms with Gasteiger partial charge in [0.1, 0.15) is 5.66 Å². The van der Waals surface area contributed by atoms with E-state index in [2.05, 4.69) is 10.6 Å². The molecule has 2 amide bonds. The third-order valence-corrected chi connectivity index (χ3v) is 8.55. The molecule has 2 aliphatic heterocycles. The third kappa shape index (κ3) is 2.95. The standard InChI is InChI=1S/C24H31N3O3/c28-20(14-22-10-16-9-17(11-22)13-23(30,12-16)15-22)27-7-5-24(6-8-27)25-19-4-2-1-3-18(19)21(29)26-24/h1-4,16-17,25,30H,5-15H2,(H,26,29)/t16-,17+,22?,23?. The molecule has 6 heteroatoms. The van der Waals surface area contributed by atoms with Crippen LogP contribution < -0.4 is 10.6 Å². The predicted octanol–water partition coefficient (Wildman–Crippen LogP) is 2.88. The summed E-state index contributed by atoms with van der Waals surface area (Å²) in [6.45, 7) is 1.31. The lowest BCUT2D eigenvalue weighted by Crippen LogP contribution is -2.63. The Labute approximate surface area is 177 Å². The van der Waals surface area contributed by atoms with Crippen LogP contribution in [-0.2, 0) is 4.79 Å². The number of aliphatic hydroxyl groups is 1. The molecule has 4 atom stereocenters. The number of hydrogen-bond donors (Lipinski definition) is 3. The molecule has 4 aliphatic carbocycles. The van der Waals surface area contributed by atoms with Crippen molar-refractivity contribution in [1.29, 1.82) is 0 Å². The average molecular weight is 410 g/mol. The molecular formula is C24H31N3O3. The molecule has 7 rings (SSSR count). The van der Waals surface area contributed by atoms with Crippen LogP contribution in [0.4, 0.5) is 5.69 Å². The van der Waals surface area contributed by atoms with Gasteiger partial charge in [-0.3, -0.25) is 9.59 Å². The number of para-hydroxylation sites is 1. The summed E-state index contributed by atoms with van der Waals surface area (Å²) in [7, 11) is 0. The van der Waals surface area contributed by atoms with Gasteiger partial charge in [0.15, 0.2) is 0 Å². The molecular weight excluding hydrogens is 378 g/mol. The summed E-state index contributed by atoms with van der Waals surface area (Å²) in [6, 6.07) is 7.60. The van der Waals surface area contributed by atoms with Crippen molar-refractivity contribution in [1.82, 2.24) is 10.2 Å². The Morgan fingerprint density at radius 1 is 1.07 bits per heavy atom. The second-order valence-corrected chi connectivity index (χ2v) is 10.9. The van der Waals surface area contributed by atoms with Gasteiger partial charge in [-0.1, -0.05) is 12.1 Å². The number of nitrogens with one attached hydrogen (secondary N) is 2. The van der Waals surface area contributed by atoms with Crippen LogP contribution in [0.2, 0.25) is 0 Å². The number of fused-ring (bicyclic) bond motifs is 1. The molecule has 3 N–H and O–H groups in total. The van der Waals surface area contributed by atoms with Gasteiger partial charge in [-0.2, -0.15) is 0 Å². The smallest absolute Gasteiger partial charge is 0.255 e. The molecule has 1 saturated heterocycles. The van der Waals surface area contributed by atoms with E-state index in [0.717, 1.165) is 37.8 Å². The maximum atomic E-state index is 13.3. The molecule has 4 saturated carbocycles. The molecule has 30 heavy (non-hydrogen) atoms. The van der Waals surface area contributed by atoms with Crippen LogP contribution >= 0.6 is 0 Å². The second-order valence-electron chi connectivity index (χ2n) is 10.9. The Morgan fingerprint density at radius 3 is 2.47 bits per heavy atom. The number of likely N-dealkylation sites (tertiary alicyclic amines) is 1. The zero-order valence-electron chi connectivity index (χ0n) is 17.5. The first-order valence-corrected chi connectivity index (χ1v) is 11.6. The summed E-state index contributed by atoms with van der Waals surface area (Å²) in [4.78, 5) is 27.8. The quantitative estimate of drug-likeness (QED) is 0.702. The van der Waals surface area contributed by atoms with E-state index in [-0.39, 0.29) is 17.2 Å². The summed E-state index contributed by atoms with van der Waals surface area (Å²) in [5.74, 6) is 1.41. The predicted molar refractivity (Wildman–Crippen MR) is 113 cm³/mol. The number of carbonyl (C=O) groups is 2. The number of piperidine rings is 1. The molecule has 4 bridgehead atoms. The number of amides is 2. The highest BCUT2D eigenvalue weighted by Gasteiger charge is 2.57. The van der Waals surface area contributed by atoms with Crippen molar-refractivity contribution in [2.75, 3.05) is 18.4 Å². The second kappa shape index (κ2) is 6.22. The number of nitrogens with zero attached hydrogens (tertiary/aromatic N) is 1. The van der Waals surface area contributed by atoms with E-state index in [4.69, 9.17) is 0 Å². The van der Waals surface area contributed by atoms with Crippen molar-refractivity contribution in [3.8, 4) is 0 Å². The highest BCUT2D eigenvalue weighted by Crippen LogP contribution is 2.63. The number of hydrogen-bond acceptors (Lipinski definition) is 4. The van der Waals surface area contributed by atoms with Gasteiger partial charge in [-0.05, 0) is 67.9 Å². The molecule has 1 spiro atoms. The third-order valence-electron chi connectivity index (χ3n) is 8.55. The van der Waals surface area contributed by atoms with E-state index in [1.165, 1.54) is 6.42 Å². The largest absolute Gasteiger partial charge is 0.390 e. The van der Waals surface area contributed by atoms with E-state index >= 15 is 0 Å². The maximum absolute atomic E-state index is 13.3. The number of benzene rings is 1. The first-order valence-electron chi connectivity index (χ1n) is 11.6. The van der Waals surface area contributed by atoms with Gasteiger partial charge in [0.05, 0.1) is 11.2 Å². The number of carbonyl (C=O) groups excluding carboxylic acids is 2. The fraction of sp³-hybridized carbons (Fsp3) is 0.667. The molecule has 6 nitrogen and oxygen atoms in total. The van der Waals surface area contributed by atoms with Gasteiger partial charge in [-0.15, -0.1) is 0 Å². The van der Waals surface area contributed by atoms with Gasteiger partial charge >= 0.3 is 0 Å². The lowest BCUT2D eigenvalue weighted by Gasteiger charge is -2.60. The van der Waals surface area contributed by atoms with E-state index in [0.29, 0.717) is 49.8 Å². The molecule has 160 valence electrons. The average Bonchev–Trinajstić information content (AvgIpc) is 2.66. The van der Waals surface area contributed by atoms with Gasteiger partial charge < -0.3 is 20.6 Å². The summed E-state index contributed by atoms with van der Waals surface area (Å²) < 4.78 is 0. The molecule has 1 aromatic rings. The number of anilines is 1. The Kier molecular flexibility index (Phi) is 3.87. The monoisotopic (exact) mass is 409 g/mol. The fourth-order valence-electron chi connectivity index (χ4n) is 7.79. The van der Waals surface area contributed by atoms with Crippen molar-refractivity contribution in [2.45, 2.75) is 69.1 Å². The fourth-order valence-corrected chi connectivity index (χ4v) is 7.79. The van der Waals surface area contributed by atoms with Crippen molar-refractivity contribution >= 4 is 17.5 Å². The SMILES string of the molecule is O=C1NC2(CCN(C(=O)CC34C[C@@H]5C[C@@H](CC(O)(C5)C3)C4)CC2)Nc2ccccc21. The van der Waals surface area contributed by atoms with Crippen molar-refractivity contribution in [2.24, 2.45) is 17.3 Å². The lowest BCUT2D eigenvalue weighted by molar-refractivity contribution is -0.172. The zero-order chi connectivity index (χ0) is 20.6. The van der Waals surface area contributed by atoms with Gasteiger partial charge in [0, 0.05) is 38.0 Å². The van der Waals surface area contributed by atoms with Crippen molar-refractivity contribution < 1.29 is 14.7 Å². The highest BCUT2D eigenvalue weighted by molar-refractivity contribution is 6.02. The minimum Gasteiger partial charge on any atom is -0.390 e. The van der Waals surface area contributed by atoms with Crippen molar-refractivity contribution in [3.05, 3.63) is 29.8 Å². The Balaban J connectivity index is 1.12. The van der Waals surface area contributed by atoms with Gasteiger partial charge in [-0.25, -0.2) is 0 Å². The Hall–Kier alpha value is -2.08. The molecule has 0 radical (unpaired) electrons. The summed E-state index contributed by atoms with van der Waals surface area (Å²) >= 11 is 0. The Morgan fingerprint density at radius 2 is 1.77 bits per heavy atom. The molecule has 1 aromatic carbocycles. The van der Waals surface area contributed by atoms with E-state index in [1.807, 2.05) is 29.2 Å². The van der Waals surface area contributed by atoms with Crippen LogP contribution in [0.15, 0.2) is 24.3 Å². The van der Waals surface area contributed by atoms with Gasteiger partial charge in [0.25, 0.3) is 5.91 Å². The molecule has 2 heterocycles. The van der Waals surface area contributed by atoms with Crippen LogP contribution in [0.3, 0.4) is 0 Å². The van der Waals surface area contributed by atoms with Crippen LogP contribution in [0.5, 0.6) is 0 Å². The molecule has 6 aliphatic rings. The van der Waals surface area contributed by atoms with E-state index in [9.17, 15) is 14.7 Å². The summed E-state index contributed by atoms with van der Waals surface area (Å²) in [5.41, 5.74) is 0.600. The Bertz CT molecular complexity index is 891. The van der Waals surface area contributed by atoms with Crippen molar-refractivity contribution in [3.63, 3.8) is 0 Å². The first kappa shape index (κ1) is 18.7. The summed E-state index contributed by atoms with van der Waals surface area (Å²) in [6.07, 6.45) is 8.17. The van der Waals surface area contributed by atoms with Gasteiger partial charge in [0.2, 0.25) is 5.91 Å². The van der Waals surface area contributed by atoms with Crippen LogP contribution in [0.25, 0.3) is 0 Å². The minimum absolute atomic E-state index is 0.0152. The topological polar surface area (TPSA) is 81.7 Å². The van der Waals surface area contributed by atoms with Crippen LogP contribution in [-0.4, -0.2) is 46.2 Å². The summed E-state index contributed by atoms with van der Waals surface area (Å²) in [5, 5.41) is 17.7. The van der Waals surface area contributed by atoms with Crippen LogP contribution in [0.1, 0.15) is 68.1 Å². The zero-order valence-corrected chi connectivity index (χ0v) is 17.5. The normalized spacial score (nSPS) is 38.2. The lowest BCUT2D eigenvalue weighted by atomic mass is 9.47. The van der Waals surface area contributed by atoms with E-state index in [1.54, 1.807) is 0 Å². The first-order chi connectivity index (χ1) is 14.4. The highest BCUT2D eigenvalue weighted by atomic mass is 16.3. The molecule has 5 fully saturated rings. The maximum Gasteiger partial charge on any atom is 0.255 e. The number of rotatable bonds is 2. The van der Waals surface area contributed by atoms with Crippen LogP contribution in [0, 0.1) is 17.3 Å².